The van der Waals surface area contributed by atoms with E-state index in [1.54, 1.807) is 12.1 Å². The van der Waals surface area contributed by atoms with Gasteiger partial charge in [-0.1, -0.05) is 31.9 Å². The second-order valence-corrected chi connectivity index (χ2v) is 7.50. The SMILES string of the molecule is COC(=O)c1cc(N(c2ccc(Br)cc2)c2ccc(Br)cc2)ccc1OC. The zero-order chi connectivity index (χ0) is 19.4. The van der Waals surface area contributed by atoms with Gasteiger partial charge in [-0.3, -0.25) is 0 Å². The summed E-state index contributed by atoms with van der Waals surface area (Å²) in [7, 11) is 2.89. The smallest absolute Gasteiger partial charge is 0.341 e. The lowest BCUT2D eigenvalue weighted by atomic mass is 10.1. The van der Waals surface area contributed by atoms with Crippen molar-refractivity contribution < 1.29 is 14.3 Å². The van der Waals surface area contributed by atoms with Gasteiger partial charge >= 0.3 is 5.97 Å². The van der Waals surface area contributed by atoms with Crippen molar-refractivity contribution in [1.29, 1.82) is 0 Å². The van der Waals surface area contributed by atoms with Crippen LogP contribution in [0.4, 0.5) is 17.1 Å². The van der Waals surface area contributed by atoms with Crippen molar-refractivity contribution in [2.45, 2.75) is 0 Å². The maximum atomic E-state index is 12.2. The predicted molar refractivity (Wildman–Crippen MR) is 114 cm³/mol. The van der Waals surface area contributed by atoms with Gasteiger partial charge in [-0.05, 0) is 66.7 Å². The molecule has 6 heteroatoms. The van der Waals surface area contributed by atoms with Gasteiger partial charge in [0.15, 0.2) is 0 Å². The van der Waals surface area contributed by atoms with E-state index in [-0.39, 0.29) is 0 Å². The van der Waals surface area contributed by atoms with Crippen LogP contribution in [0.3, 0.4) is 0 Å². The molecule has 0 N–H and O–H groups in total. The summed E-state index contributed by atoms with van der Waals surface area (Å²) in [6, 6.07) is 21.4. The van der Waals surface area contributed by atoms with Crippen molar-refractivity contribution in [3.63, 3.8) is 0 Å². The lowest BCUT2D eigenvalue weighted by Crippen LogP contribution is -2.12. The highest BCUT2D eigenvalue weighted by Crippen LogP contribution is 2.37. The highest BCUT2D eigenvalue weighted by atomic mass is 79.9. The Morgan fingerprint density at radius 3 is 1.70 bits per heavy atom. The van der Waals surface area contributed by atoms with Gasteiger partial charge in [0.2, 0.25) is 0 Å². The van der Waals surface area contributed by atoms with Crippen LogP contribution in [0.1, 0.15) is 10.4 Å². The van der Waals surface area contributed by atoms with E-state index in [0.29, 0.717) is 11.3 Å². The van der Waals surface area contributed by atoms with Crippen LogP contribution in [-0.2, 0) is 4.74 Å². The summed E-state index contributed by atoms with van der Waals surface area (Å²) in [5, 5.41) is 0. The quantitative estimate of drug-likeness (QED) is 0.384. The lowest BCUT2D eigenvalue weighted by molar-refractivity contribution is 0.0597. The molecule has 0 aromatic heterocycles. The maximum absolute atomic E-state index is 12.2. The number of nitrogens with zero attached hydrogens (tertiary/aromatic N) is 1. The number of ether oxygens (including phenoxy) is 2. The van der Waals surface area contributed by atoms with Gasteiger partial charge in [0.25, 0.3) is 0 Å². The highest BCUT2D eigenvalue weighted by Gasteiger charge is 2.18. The van der Waals surface area contributed by atoms with Crippen LogP contribution in [0, 0.1) is 0 Å². The van der Waals surface area contributed by atoms with Crippen molar-refractivity contribution in [1.82, 2.24) is 0 Å². The van der Waals surface area contributed by atoms with Crippen molar-refractivity contribution in [2.75, 3.05) is 19.1 Å². The molecule has 0 aliphatic carbocycles. The minimum absolute atomic E-state index is 0.372. The Bertz CT molecular complexity index is 895. The number of halogens is 2. The summed E-state index contributed by atoms with van der Waals surface area (Å²) in [4.78, 5) is 14.3. The van der Waals surface area contributed by atoms with Crippen LogP contribution in [-0.4, -0.2) is 20.2 Å². The molecule has 0 aliphatic heterocycles. The van der Waals surface area contributed by atoms with E-state index < -0.39 is 5.97 Å². The molecule has 27 heavy (non-hydrogen) atoms. The zero-order valence-corrected chi connectivity index (χ0v) is 18.0. The molecule has 0 saturated heterocycles. The molecule has 0 radical (unpaired) electrons. The van der Waals surface area contributed by atoms with Crippen molar-refractivity contribution >= 4 is 54.9 Å². The Morgan fingerprint density at radius 2 is 1.26 bits per heavy atom. The first-order valence-electron chi connectivity index (χ1n) is 8.11. The molecule has 0 amide bonds. The second-order valence-electron chi connectivity index (χ2n) is 5.66. The number of methoxy groups -OCH3 is 2. The molecule has 3 rings (SSSR count). The molecule has 0 bridgehead atoms. The predicted octanol–water partition coefficient (Wildman–Crippen LogP) is 6.48. The minimum Gasteiger partial charge on any atom is -0.496 e. The Hall–Kier alpha value is -2.31. The third-order valence-corrected chi connectivity index (χ3v) is 5.07. The summed E-state index contributed by atoms with van der Waals surface area (Å²) >= 11 is 6.95. The molecular formula is C21H17Br2NO3. The number of carbonyl (C=O) groups is 1. The van der Waals surface area contributed by atoms with E-state index in [2.05, 4.69) is 36.8 Å². The summed E-state index contributed by atoms with van der Waals surface area (Å²) in [5.41, 5.74) is 3.11. The second kappa shape index (κ2) is 8.59. The van der Waals surface area contributed by atoms with E-state index in [1.165, 1.54) is 14.2 Å². The van der Waals surface area contributed by atoms with Crippen molar-refractivity contribution in [3.05, 3.63) is 81.2 Å². The standard InChI is InChI=1S/C21H17Br2NO3/c1-26-20-12-11-18(13-19(20)21(25)27-2)24(16-7-3-14(22)4-8-16)17-9-5-15(23)6-10-17/h3-13H,1-2H3. The van der Waals surface area contributed by atoms with Crippen molar-refractivity contribution in [3.8, 4) is 5.75 Å². The molecule has 0 saturated carbocycles. The van der Waals surface area contributed by atoms with Crippen LogP contribution in [0.2, 0.25) is 0 Å². The van der Waals surface area contributed by atoms with Gasteiger partial charge in [-0.25, -0.2) is 4.79 Å². The molecule has 138 valence electrons. The van der Waals surface area contributed by atoms with Crippen LogP contribution < -0.4 is 9.64 Å². The fourth-order valence-electron chi connectivity index (χ4n) is 2.73. The molecule has 0 fully saturated rings. The van der Waals surface area contributed by atoms with Crippen molar-refractivity contribution in [2.24, 2.45) is 0 Å². The van der Waals surface area contributed by atoms with E-state index in [4.69, 9.17) is 9.47 Å². The number of hydrogen-bond acceptors (Lipinski definition) is 4. The Balaban J connectivity index is 2.17. The molecule has 0 unspecified atom stereocenters. The average molecular weight is 491 g/mol. The molecule has 4 nitrogen and oxygen atoms in total. The highest BCUT2D eigenvalue weighted by molar-refractivity contribution is 9.10. The molecule has 0 spiro atoms. The van der Waals surface area contributed by atoms with Crippen LogP contribution in [0.25, 0.3) is 0 Å². The fraction of sp³-hybridized carbons (Fsp3) is 0.0952. The largest absolute Gasteiger partial charge is 0.496 e. The Kier molecular flexibility index (Phi) is 6.19. The number of carbonyl (C=O) groups excluding carboxylic acids is 1. The first-order chi connectivity index (χ1) is 13.0. The Morgan fingerprint density at radius 1 is 0.778 bits per heavy atom. The molecular weight excluding hydrogens is 474 g/mol. The number of hydrogen-bond donors (Lipinski definition) is 0. The fourth-order valence-corrected chi connectivity index (χ4v) is 3.26. The van der Waals surface area contributed by atoms with Gasteiger partial charge in [-0.2, -0.15) is 0 Å². The number of rotatable bonds is 5. The summed E-state index contributed by atoms with van der Waals surface area (Å²) < 4.78 is 12.2. The third kappa shape index (κ3) is 4.34. The van der Waals surface area contributed by atoms with Gasteiger partial charge in [0, 0.05) is 26.0 Å². The zero-order valence-electron chi connectivity index (χ0n) is 14.8. The summed E-state index contributed by atoms with van der Waals surface area (Å²) in [5.74, 6) is 0.0254. The monoisotopic (exact) mass is 489 g/mol. The van der Waals surface area contributed by atoms with Crippen LogP contribution in [0.15, 0.2) is 75.7 Å². The number of anilines is 3. The molecule has 3 aromatic carbocycles. The first-order valence-corrected chi connectivity index (χ1v) is 9.69. The van der Waals surface area contributed by atoms with Gasteiger partial charge in [0.05, 0.1) is 14.2 Å². The number of esters is 1. The van der Waals surface area contributed by atoms with E-state index in [0.717, 1.165) is 26.0 Å². The molecule has 3 aromatic rings. The van der Waals surface area contributed by atoms with E-state index in [9.17, 15) is 4.79 Å². The average Bonchev–Trinajstić information content (AvgIpc) is 2.70. The summed E-state index contributed by atoms with van der Waals surface area (Å²) in [6.45, 7) is 0. The van der Waals surface area contributed by atoms with Gasteiger partial charge < -0.3 is 14.4 Å². The van der Waals surface area contributed by atoms with Gasteiger partial charge in [0.1, 0.15) is 11.3 Å². The molecule has 0 aliphatic rings. The van der Waals surface area contributed by atoms with Gasteiger partial charge in [-0.15, -0.1) is 0 Å². The Labute approximate surface area is 175 Å². The first kappa shape index (κ1) is 19.5. The van der Waals surface area contributed by atoms with E-state index in [1.807, 2.05) is 54.6 Å². The van der Waals surface area contributed by atoms with Crippen LogP contribution >= 0.6 is 31.9 Å². The maximum Gasteiger partial charge on any atom is 0.341 e. The summed E-state index contributed by atoms with van der Waals surface area (Å²) in [6.07, 6.45) is 0. The normalized spacial score (nSPS) is 10.4. The molecule has 0 atom stereocenters. The number of benzene rings is 3. The topological polar surface area (TPSA) is 38.8 Å². The van der Waals surface area contributed by atoms with Crippen LogP contribution in [0.5, 0.6) is 5.75 Å². The minimum atomic E-state index is -0.444. The lowest BCUT2D eigenvalue weighted by Gasteiger charge is -2.26. The third-order valence-electron chi connectivity index (χ3n) is 4.02. The van der Waals surface area contributed by atoms with E-state index >= 15 is 0 Å². The molecule has 0 heterocycles.